The third-order valence-corrected chi connectivity index (χ3v) is 12.2. The van der Waals surface area contributed by atoms with E-state index in [4.69, 9.17) is 27.9 Å². The van der Waals surface area contributed by atoms with Crippen LogP contribution in [0.2, 0.25) is 10.0 Å². The molecule has 8 rings (SSSR count). The van der Waals surface area contributed by atoms with Crippen molar-refractivity contribution < 1.29 is 29.0 Å². The summed E-state index contributed by atoms with van der Waals surface area (Å²) in [4.78, 5) is 59.8. The Bertz CT molecular complexity index is 2160. The number of nitrogens with one attached hydrogen (secondary N) is 1. The molecule has 0 bridgehead atoms. The van der Waals surface area contributed by atoms with E-state index in [9.17, 15) is 19.5 Å². The van der Waals surface area contributed by atoms with Crippen molar-refractivity contribution in [1.29, 1.82) is 0 Å². The number of hydrazine groups is 1. The van der Waals surface area contributed by atoms with Crippen LogP contribution in [0, 0.1) is 27.2 Å². The number of hydrogen-bond donors (Lipinski definition) is 2. The third-order valence-electron chi connectivity index (χ3n) is 10.9. The Morgan fingerprint density at radius 3 is 2.29 bits per heavy atom. The second-order valence-electron chi connectivity index (χ2n) is 13.3. The molecule has 2 aliphatic carbocycles. The van der Waals surface area contributed by atoms with E-state index in [1.807, 2.05) is 18.2 Å². The average Bonchev–Trinajstić information content (AvgIpc) is 3.51. The molecule has 2 heterocycles. The Balaban J connectivity index is 1.33. The quantitative estimate of drug-likeness (QED) is 0.118. The highest BCUT2D eigenvalue weighted by atomic mass is 127. The summed E-state index contributed by atoms with van der Waals surface area (Å²) in [6.45, 7) is 0. The number of anilines is 2. The molecule has 4 amide bonds. The van der Waals surface area contributed by atoms with Gasteiger partial charge in [-0.05, 0) is 108 Å². The zero-order valence-electron chi connectivity index (χ0n) is 27.1. The van der Waals surface area contributed by atoms with Crippen LogP contribution in [-0.2, 0) is 24.6 Å². The van der Waals surface area contributed by atoms with E-state index >= 15 is 4.79 Å². The largest absolute Gasteiger partial charge is 0.508 e. The lowest BCUT2D eigenvalue weighted by atomic mass is 9.49. The smallest absolute Gasteiger partial charge is 0.260 e. The standard InChI is InChI=1S/C39H30Cl2IN3O6/c1-51-24-13-6-20(7-14-24)39-29(36(48)45(38(39)50)43-31-17-8-21(40)18-30(31)41)19-28-25(34(39)26-4-2-3-5-32(26)46)15-16-27-33(28)37(49)44(35(27)47)23-11-9-22(42)10-12-23/h2-15,17-18,27-29,33-34,43,46H,16,19H2,1H3. The highest BCUT2D eigenvalue weighted by Crippen LogP contribution is 2.65. The van der Waals surface area contributed by atoms with Crippen LogP contribution in [0.4, 0.5) is 11.4 Å². The Labute approximate surface area is 317 Å². The minimum absolute atomic E-state index is 0.0560. The highest BCUT2D eigenvalue weighted by molar-refractivity contribution is 14.1. The van der Waals surface area contributed by atoms with Gasteiger partial charge in [-0.2, -0.15) is 5.01 Å². The predicted molar refractivity (Wildman–Crippen MR) is 200 cm³/mol. The molecule has 258 valence electrons. The lowest BCUT2D eigenvalue weighted by Crippen LogP contribution is -2.53. The molecule has 51 heavy (non-hydrogen) atoms. The summed E-state index contributed by atoms with van der Waals surface area (Å²) < 4.78 is 6.41. The molecular formula is C39H30Cl2IN3O6. The summed E-state index contributed by atoms with van der Waals surface area (Å²) in [5.74, 6) is -5.05. The molecule has 0 spiro atoms. The highest BCUT2D eigenvalue weighted by Gasteiger charge is 2.70. The van der Waals surface area contributed by atoms with Crippen LogP contribution in [0.15, 0.2) is 103 Å². The van der Waals surface area contributed by atoms with E-state index in [-0.39, 0.29) is 35.4 Å². The van der Waals surface area contributed by atoms with Gasteiger partial charge in [-0.15, -0.1) is 0 Å². The molecule has 2 N–H and O–H groups in total. The number of para-hydroxylation sites is 1. The van der Waals surface area contributed by atoms with E-state index in [0.29, 0.717) is 33.3 Å². The first-order valence-corrected chi connectivity index (χ1v) is 18.3. The molecule has 2 saturated heterocycles. The Hall–Kier alpha value is -4.39. The van der Waals surface area contributed by atoms with Gasteiger partial charge in [0, 0.05) is 20.1 Å². The van der Waals surface area contributed by atoms with E-state index in [1.165, 1.54) is 11.0 Å². The van der Waals surface area contributed by atoms with Gasteiger partial charge in [0.15, 0.2) is 0 Å². The van der Waals surface area contributed by atoms with Gasteiger partial charge in [0.05, 0.1) is 46.7 Å². The van der Waals surface area contributed by atoms with Crippen molar-refractivity contribution in [2.45, 2.75) is 24.2 Å². The van der Waals surface area contributed by atoms with Crippen molar-refractivity contribution in [2.24, 2.45) is 23.7 Å². The number of imide groups is 2. The van der Waals surface area contributed by atoms with Crippen LogP contribution in [0.5, 0.6) is 11.5 Å². The van der Waals surface area contributed by atoms with Crippen molar-refractivity contribution in [3.63, 3.8) is 0 Å². The summed E-state index contributed by atoms with van der Waals surface area (Å²) in [6.07, 6.45) is 2.33. The molecule has 4 aromatic carbocycles. The monoisotopic (exact) mass is 833 g/mol. The second kappa shape index (κ2) is 12.7. The molecule has 12 heteroatoms. The molecule has 4 aromatic rings. The predicted octanol–water partition coefficient (Wildman–Crippen LogP) is 7.50. The van der Waals surface area contributed by atoms with Gasteiger partial charge in [0.1, 0.15) is 11.5 Å². The number of carbonyl (C=O) groups is 4. The fraction of sp³-hybridized carbons (Fsp3) is 0.231. The lowest BCUT2D eigenvalue weighted by molar-refractivity contribution is -0.138. The maximum absolute atomic E-state index is 15.3. The molecule has 6 unspecified atom stereocenters. The van der Waals surface area contributed by atoms with Gasteiger partial charge < -0.3 is 9.84 Å². The molecule has 9 nitrogen and oxygen atoms in total. The van der Waals surface area contributed by atoms with E-state index in [1.54, 1.807) is 79.9 Å². The third kappa shape index (κ3) is 5.08. The molecule has 3 fully saturated rings. The molecular weight excluding hydrogens is 804 g/mol. The minimum atomic E-state index is -1.56. The van der Waals surface area contributed by atoms with Crippen molar-refractivity contribution in [3.05, 3.63) is 127 Å². The molecule has 2 aliphatic heterocycles. The van der Waals surface area contributed by atoms with Crippen LogP contribution >= 0.6 is 45.8 Å². The summed E-state index contributed by atoms with van der Waals surface area (Å²) in [5.41, 5.74) is 3.92. The number of amides is 4. The van der Waals surface area contributed by atoms with Gasteiger partial charge in [-0.25, -0.2) is 0 Å². The number of phenols is 1. The van der Waals surface area contributed by atoms with E-state index in [2.05, 4.69) is 28.0 Å². The van der Waals surface area contributed by atoms with Crippen molar-refractivity contribution >= 4 is 80.8 Å². The van der Waals surface area contributed by atoms with Crippen LogP contribution in [0.3, 0.4) is 0 Å². The van der Waals surface area contributed by atoms with Gasteiger partial charge in [-0.3, -0.25) is 29.5 Å². The minimum Gasteiger partial charge on any atom is -0.508 e. The van der Waals surface area contributed by atoms with Gasteiger partial charge >= 0.3 is 0 Å². The first kappa shape index (κ1) is 33.7. The average molecular weight is 834 g/mol. The number of allylic oxidation sites excluding steroid dienone is 2. The van der Waals surface area contributed by atoms with E-state index in [0.717, 1.165) is 14.2 Å². The Morgan fingerprint density at radius 2 is 1.61 bits per heavy atom. The number of fused-ring (bicyclic) bond motifs is 4. The van der Waals surface area contributed by atoms with Gasteiger partial charge in [0.25, 0.3) is 11.8 Å². The number of phenolic OH excluding ortho intramolecular Hbond substituents is 1. The first-order chi connectivity index (χ1) is 24.6. The molecule has 4 aliphatic rings. The summed E-state index contributed by atoms with van der Waals surface area (Å²) >= 11 is 14.9. The van der Waals surface area contributed by atoms with Crippen LogP contribution in [-0.4, -0.2) is 40.9 Å². The number of aromatic hydroxyl groups is 1. The number of carbonyl (C=O) groups excluding carboxylic acids is 4. The zero-order valence-corrected chi connectivity index (χ0v) is 30.7. The summed E-state index contributed by atoms with van der Waals surface area (Å²) in [6, 6.07) is 25.7. The van der Waals surface area contributed by atoms with Crippen LogP contribution in [0.1, 0.15) is 29.9 Å². The van der Waals surface area contributed by atoms with Crippen LogP contribution < -0.4 is 15.1 Å². The van der Waals surface area contributed by atoms with Crippen LogP contribution in [0.25, 0.3) is 0 Å². The number of nitrogens with zero attached hydrogens (tertiary/aromatic N) is 2. The molecule has 0 aromatic heterocycles. The Morgan fingerprint density at radius 1 is 0.882 bits per heavy atom. The number of ether oxygens (including phenoxy) is 1. The summed E-state index contributed by atoms with van der Waals surface area (Å²) in [7, 11) is 1.54. The number of methoxy groups -OCH3 is 1. The Kier molecular flexibility index (Phi) is 8.39. The van der Waals surface area contributed by atoms with Gasteiger partial charge in [-0.1, -0.05) is 65.2 Å². The maximum atomic E-state index is 15.3. The number of hydrogen-bond acceptors (Lipinski definition) is 7. The van der Waals surface area contributed by atoms with E-state index < -0.39 is 46.8 Å². The lowest BCUT2D eigenvalue weighted by Gasteiger charge is -2.50. The van der Waals surface area contributed by atoms with Crippen molar-refractivity contribution in [2.75, 3.05) is 17.4 Å². The molecule has 1 saturated carbocycles. The first-order valence-electron chi connectivity index (χ1n) is 16.4. The van der Waals surface area contributed by atoms with Crippen molar-refractivity contribution in [1.82, 2.24) is 5.01 Å². The number of benzene rings is 4. The van der Waals surface area contributed by atoms with Gasteiger partial charge in [0.2, 0.25) is 11.8 Å². The molecule has 6 atom stereocenters. The zero-order chi connectivity index (χ0) is 35.8. The fourth-order valence-electron chi connectivity index (χ4n) is 8.76. The molecule has 0 radical (unpaired) electrons. The fourth-order valence-corrected chi connectivity index (χ4v) is 9.57. The maximum Gasteiger partial charge on any atom is 0.260 e. The number of halogens is 3. The number of rotatable bonds is 6. The second-order valence-corrected chi connectivity index (χ2v) is 15.3. The summed E-state index contributed by atoms with van der Waals surface area (Å²) in [5, 5.41) is 13.1. The SMILES string of the molecule is COc1ccc(C23C(=O)N(Nc4ccc(Cl)cc4Cl)C(=O)C2CC2C(=CCC4C(=O)N(c5ccc(I)cc5)C(=O)C42)C3c2ccccc2O)cc1. The van der Waals surface area contributed by atoms with Crippen molar-refractivity contribution in [3.8, 4) is 11.5 Å². The normalized spacial score (nSPS) is 26.8. The topological polar surface area (TPSA) is 116 Å².